The lowest BCUT2D eigenvalue weighted by atomic mass is 10.0. The van der Waals surface area contributed by atoms with Crippen molar-refractivity contribution in [1.82, 2.24) is 0 Å². The molecule has 0 aromatic carbocycles. The van der Waals surface area contributed by atoms with Crippen molar-refractivity contribution in [2.45, 2.75) is 82.1 Å². The maximum atomic E-state index is 3.89. The lowest BCUT2D eigenvalue weighted by Crippen LogP contribution is -1.84. The lowest BCUT2D eigenvalue weighted by Gasteiger charge is -2.04. The monoisotopic (exact) mass is 228 g/mol. The summed E-state index contributed by atoms with van der Waals surface area (Å²) in [4.78, 5) is 0. The molecule has 0 nitrogen and oxygen atoms in total. The average Bonchev–Trinajstić information content (AvgIpc) is 2.24. The molecule has 0 radical (unpaired) electrons. The molecule has 0 N–H and O–H groups in total. The van der Waals surface area contributed by atoms with Gasteiger partial charge in [0.05, 0.1) is 0 Å². The van der Waals surface area contributed by atoms with Crippen molar-refractivity contribution >= 4 is 0 Å². The predicted octanol–water partition coefficient (Wildman–Crippen LogP) is 6.78. The Morgan fingerprint density at radius 3 is 1.06 bits per heavy atom. The molecule has 0 saturated carbocycles. The van der Waals surface area contributed by atoms with Crippen molar-refractivity contribution in [2.75, 3.05) is 0 Å². The molecular formula is C16H36. The molecule has 0 fully saturated rings. The zero-order chi connectivity index (χ0) is 14.1. The summed E-state index contributed by atoms with van der Waals surface area (Å²) in [7, 11) is 0. The van der Waals surface area contributed by atoms with E-state index in [4.69, 9.17) is 0 Å². The lowest BCUT2D eigenvalue weighted by molar-refractivity contribution is 1.06. The molecule has 0 spiro atoms. The van der Waals surface area contributed by atoms with E-state index >= 15 is 0 Å². The van der Waals surface area contributed by atoms with E-state index in [-0.39, 0.29) is 0 Å². The van der Waals surface area contributed by atoms with E-state index in [2.05, 4.69) is 48.1 Å². The smallest absolute Gasteiger partial charge is 0.0306 e. The van der Waals surface area contributed by atoms with Crippen LogP contribution in [0.25, 0.3) is 0 Å². The summed E-state index contributed by atoms with van der Waals surface area (Å²) in [6.07, 6.45) is 2.36. The van der Waals surface area contributed by atoms with Crippen LogP contribution >= 0.6 is 0 Å². The summed E-state index contributed by atoms with van der Waals surface area (Å²) in [5.41, 5.74) is 4.01. The number of hydrogen-bond donors (Lipinski definition) is 0. The molecule has 0 aliphatic carbocycles. The third-order valence-corrected chi connectivity index (χ3v) is 1.47. The summed E-state index contributed by atoms with van der Waals surface area (Å²) in [6.45, 7) is 24.6. The van der Waals surface area contributed by atoms with Gasteiger partial charge in [0.2, 0.25) is 0 Å². The Balaban J connectivity index is -0.0000000864. The Morgan fingerprint density at radius 2 is 1.06 bits per heavy atom. The van der Waals surface area contributed by atoms with Crippen LogP contribution in [0.5, 0.6) is 0 Å². The van der Waals surface area contributed by atoms with Crippen LogP contribution in [0.4, 0.5) is 0 Å². The zero-order valence-electron chi connectivity index (χ0n) is 13.6. The molecule has 0 bridgehead atoms. The van der Waals surface area contributed by atoms with Gasteiger partial charge >= 0.3 is 0 Å². The normalized spacial score (nSPS) is 6.88. The molecule has 0 aromatic rings. The molecule has 0 aliphatic rings. The molecule has 0 saturated heterocycles. The molecule has 100 valence electrons. The van der Waals surface area contributed by atoms with Gasteiger partial charge < -0.3 is 0 Å². The van der Waals surface area contributed by atoms with Crippen LogP contribution in [0.3, 0.4) is 0 Å². The first-order valence-corrected chi connectivity index (χ1v) is 6.83. The van der Waals surface area contributed by atoms with Gasteiger partial charge in [0.1, 0.15) is 0 Å². The molecule has 16 heavy (non-hydrogen) atoms. The van der Waals surface area contributed by atoms with Gasteiger partial charge in [0, 0.05) is 0 Å². The average molecular weight is 228 g/mol. The zero-order valence-corrected chi connectivity index (χ0v) is 13.6. The Bertz CT molecular complexity index is 145. The van der Waals surface area contributed by atoms with E-state index in [0.717, 1.165) is 6.42 Å². The van der Waals surface area contributed by atoms with Crippen LogP contribution in [0.1, 0.15) is 82.1 Å². The summed E-state index contributed by atoms with van der Waals surface area (Å²) < 4.78 is 0. The van der Waals surface area contributed by atoms with Gasteiger partial charge in [-0.05, 0) is 32.8 Å². The van der Waals surface area contributed by atoms with E-state index in [1.165, 1.54) is 23.1 Å². The highest BCUT2D eigenvalue weighted by molar-refractivity contribution is 5.29. The van der Waals surface area contributed by atoms with Crippen molar-refractivity contribution in [3.05, 3.63) is 23.3 Å². The minimum Gasteiger partial charge on any atom is -0.0958 e. The summed E-state index contributed by atoms with van der Waals surface area (Å²) in [5.74, 6) is 0. The van der Waals surface area contributed by atoms with Gasteiger partial charge in [-0.15, -0.1) is 0 Å². The topological polar surface area (TPSA) is 0 Å². The highest BCUT2D eigenvalue weighted by Crippen LogP contribution is 2.15. The fourth-order valence-electron chi connectivity index (χ4n) is 1.08. The summed E-state index contributed by atoms with van der Waals surface area (Å²) in [5, 5.41) is 0. The van der Waals surface area contributed by atoms with Crippen LogP contribution in [0.2, 0.25) is 0 Å². The Kier molecular flexibility index (Phi) is 36.9. The SMILES string of the molecule is C=C(C)C(CC)=C(C)C.CC.CC.CCC. The molecule has 0 heteroatoms. The van der Waals surface area contributed by atoms with E-state index in [9.17, 15) is 0 Å². The van der Waals surface area contributed by atoms with Gasteiger partial charge in [-0.1, -0.05) is 72.6 Å². The van der Waals surface area contributed by atoms with Crippen LogP contribution < -0.4 is 0 Å². The molecule has 0 heterocycles. The maximum Gasteiger partial charge on any atom is -0.0306 e. The number of allylic oxidation sites excluding steroid dienone is 3. The van der Waals surface area contributed by atoms with E-state index in [0.29, 0.717) is 0 Å². The van der Waals surface area contributed by atoms with Gasteiger partial charge in [-0.2, -0.15) is 0 Å². The van der Waals surface area contributed by atoms with Crippen molar-refractivity contribution in [1.29, 1.82) is 0 Å². The molecule has 0 aliphatic heterocycles. The highest BCUT2D eigenvalue weighted by Gasteiger charge is 1.94. The van der Waals surface area contributed by atoms with Gasteiger partial charge in [-0.3, -0.25) is 0 Å². The van der Waals surface area contributed by atoms with Crippen LogP contribution in [-0.4, -0.2) is 0 Å². The van der Waals surface area contributed by atoms with E-state index in [1.807, 2.05) is 27.7 Å². The van der Waals surface area contributed by atoms with Crippen molar-refractivity contribution in [3.8, 4) is 0 Å². The predicted molar refractivity (Wildman–Crippen MR) is 82.1 cm³/mol. The minimum absolute atomic E-state index is 1.11. The minimum atomic E-state index is 1.11. The van der Waals surface area contributed by atoms with Gasteiger partial charge in [0.15, 0.2) is 0 Å². The fraction of sp³-hybridized carbons (Fsp3) is 0.750. The molecule has 0 amide bonds. The second-order valence-corrected chi connectivity index (χ2v) is 3.32. The quantitative estimate of drug-likeness (QED) is 0.457. The highest BCUT2D eigenvalue weighted by atomic mass is 14.0. The second-order valence-electron chi connectivity index (χ2n) is 3.32. The third kappa shape index (κ3) is 23.4. The van der Waals surface area contributed by atoms with Crippen LogP contribution in [-0.2, 0) is 0 Å². The van der Waals surface area contributed by atoms with Crippen molar-refractivity contribution in [2.24, 2.45) is 0 Å². The molecule has 0 unspecified atom stereocenters. The van der Waals surface area contributed by atoms with Gasteiger partial charge in [0.25, 0.3) is 0 Å². The maximum absolute atomic E-state index is 3.89. The van der Waals surface area contributed by atoms with E-state index < -0.39 is 0 Å². The fourth-order valence-corrected chi connectivity index (χ4v) is 1.08. The molecule has 0 atom stereocenters. The Morgan fingerprint density at radius 1 is 0.812 bits per heavy atom. The largest absolute Gasteiger partial charge is 0.0958 e. The second kappa shape index (κ2) is 24.0. The van der Waals surface area contributed by atoms with Gasteiger partial charge in [-0.25, -0.2) is 0 Å². The Hall–Kier alpha value is -0.520. The van der Waals surface area contributed by atoms with Crippen LogP contribution in [0.15, 0.2) is 23.3 Å². The third-order valence-electron chi connectivity index (χ3n) is 1.47. The Labute approximate surface area is 106 Å². The first-order valence-electron chi connectivity index (χ1n) is 6.83. The van der Waals surface area contributed by atoms with Crippen molar-refractivity contribution < 1.29 is 0 Å². The first kappa shape index (κ1) is 24.6. The number of hydrogen-bond acceptors (Lipinski definition) is 0. The van der Waals surface area contributed by atoms with Crippen molar-refractivity contribution in [3.63, 3.8) is 0 Å². The summed E-state index contributed by atoms with van der Waals surface area (Å²) >= 11 is 0. The number of rotatable bonds is 2. The molecule has 0 rings (SSSR count). The van der Waals surface area contributed by atoms with Crippen LogP contribution in [0, 0.1) is 0 Å². The summed E-state index contributed by atoms with van der Waals surface area (Å²) in [6, 6.07) is 0. The van der Waals surface area contributed by atoms with E-state index in [1.54, 1.807) is 0 Å². The standard InChI is InChI=1S/C9H16.C3H8.2C2H6/c1-6-9(7(2)3)8(4)5;1-3-2;2*1-2/h2,6H2,1,3-5H3;3H2,1-2H3;2*1-2H3. The molecular weight excluding hydrogens is 192 g/mol. The first-order chi connectivity index (χ1) is 7.51. The molecule has 0 aromatic heterocycles.